The minimum atomic E-state index is 1.11. The lowest BCUT2D eigenvalue weighted by Gasteiger charge is -2.04. The molecule has 26 heavy (non-hydrogen) atoms. The summed E-state index contributed by atoms with van der Waals surface area (Å²) in [7, 11) is 0. The molecule has 0 aliphatic heterocycles. The van der Waals surface area contributed by atoms with Crippen LogP contribution in [0, 0.1) is 0 Å². The van der Waals surface area contributed by atoms with Crippen molar-refractivity contribution in [3.05, 3.63) is 95.5 Å². The van der Waals surface area contributed by atoms with Crippen molar-refractivity contribution in [2.75, 3.05) is 0 Å². The van der Waals surface area contributed by atoms with E-state index in [-0.39, 0.29) is 0 Å². The van der Waals surface area contributed by atoms with Crippen LogP contribution in [0.2, 0.25) is 0 Å². The zero-order chi connectivity index (χ0) is 17.5. The Morgan fingerprint density at radius 3 is 1.58 bits per heavy atom. The van der Waals surface area contributed by atoms with Crippen LogP contribution in [-0.2, 0) is 0 Å². The van der Waals surface area contributed by atoms with E-state index in [0.29, 0.717) is 0 Å². The number of halogens is 1. The Hall–Kier alpha value is -2.42. The molecule has 0 nitrogen and oxygen atoms in total. The summed E-state index contributed by atoms with van der Waals surface area (Å²) in [5.74, 6) is 0. The quantitative estimate of drug-likeness (QED) is 0.273. The average Bonchev–Trinajstić information content (AvgIpc) is 3.06. The zero-order valence-electron chi connectivity index (χ0n) is 13.9. The summed E-state index contributed by atoms with van der Waals surface area (Å²) in [5, 5.41) is 2.67. The third-order valence-corrected chi connectivity index (χ3v) is 6.43. The molecule has 0 aliphatic rings. The van der Waals surface area contributed by atoms with Crippen LogP contribution in [0.3, 0.4) is 0 Å². The third-order valence-electron chi connectivity index (χ3n) is 4.75. The number of rotatable bonds is 2. The maximum atomic E-state index is 3.52. The van der Waals surface area contributed by atoms with Crippen LogP contribution in [0.5, 0.6) is 0 Å². The summed E-state index contributed by atoms with van der Waals surface area (Å²) < 4.78 is 3.79. The fourth-order valence-corrected chi connectivity index (χ4v) is 4.74. The van der Waals surface area contributed by atoms with E-state index in [0.717, 1.165) is 4.47 Å². The predicted octanol–water partition coefficient (Wildman–Crippen LogP) is 8.15. The van der Waals surface area contributed by atoms with Crippen molar-refractivity contribution in [2.45, 2.75) is 0 Å². The second kappa shape index (κ2) is 6.39. The molecule has 0 spiro atoms. The molecule has 0 bridgehead atoms. The molecule has 0 fully saturated rings. The van der Waals surface area contributed by atoms with E-state index in [4.69, 9.17) is 0 Å². The molecule has 0 saturated carbocycles. The lowest BCUT2D eigenvalue weighted by atomic mass is 10.0. The van der Waals surface area contributed by atoms with Crippen molar-refractivity contribution in [3.8, 4) is 22.3 Å². The number of thiophene rings is 1. The molecule has 1 aromatic heterocycles. The monoisotopic (exact) mass is 414 g/mol. The zero-order valence-corrected chi connectivity index (χ0v) is 16.3. The molecule has 2 heteroatoms. The standard InChI is InChI=1S/C24H15BrS/c25-20-10-6-17(7-11-20)19-9-13-24-22(15-19)21-14-18(8-12-23(21)26-24)16-4-2-1-3-5-16/h1-15H. The Labute approximate surface area is 164 Å². The molecule has 0 aliphatic carbocycles. The maximum Gasteiger partial charge on any atom is 0.0355 e. The van der Waals surface area contributed by atoms with Crippen molar-refractivity contribution in [3.63, 3.8) is 0 Å². The van der Waals surface area contributed by atoms with E-state index < -0.39 is 0 Å². The molecule has 4 aromatic carbocycles. The van der Waals surface area contributed by atoms with E-state index in [1.165, 1.54) is 42.4 Å². The van der Waals surface area contributed by atoms with E-state index in [1.807, 2.05) is 11.3 Å². The number of hydrogen-bond acceptors (Lipinski definition) is 1. The van der Waals surface area contributed by atoms with Gasteiger partial charge in [-0.2, -0.15) is 0 Å². The Kier molecular flexibility index (Phi) is 3.88. The van der Waals surface area contributed by atoms with Gasteiger partial charge in [-0.25, -0.2) is 0 Å². The van der Waals surface area contributed by atoms with Crippen molar-refractivity contribution in [1.82, 2.24) is 0 Å². The molecule has 5 aromatic rings. The van der Waals surface area contributed by atoms with Crippen LogP contribution in [0.15, 0.2) is 95.5 Å². The van der Waals surface area contributed by atoms with Gasteiger partial charge >= 0.3 is 0 Å². The highest BCUT2D eigenvalue weighted by molar-refractivity contribution is 9.10. The van der Waals surface area contributed by atoms with E-state index in [9.17, 15) is 0 Å². The van der Waals surface area contributed by atoms with Gasteiger partial charge < -0.3 is 0 Å². The van der Waals surface area contributed by atoms with Gasteiger partial charge in [0.15, 0.2) is 0 Å². The highest BCUT2D eigenvalue weighted by Gasteiger charge is 2.08. The molecule has 124 valence electrons. The van der Waals surface area contributed by atoms with Gasteiger partial charge in [0, 0.05) is 24.6 Å². The topological polar surface area (TPSA) is 0 Å². The predicted molar refractivity (Wildman–Crippen MR) is 118 cm³/mol. The van der Waals surface area contributed by atoms with Gasteiger partial charge in [0.25, 0.3) is 0 Å². The van der Waals surface area contributed by atoms with Gasteiger partial charge in [0.1, 0.15) is 0 Å². The van der Waals surface area contributed by atoms with Gasteiger partial charge in [-0.15, -0.1) is 11.3 Å². The third kappa shape index (κ3) is 2.76. The van der Waals surface area contributed by atoms with Crippen LogP contribution in [-0.4, -0.2) is 0 Å². The van der Waals surface area contributed by atoms with Gasteiger partial charge in [0.05, 0.1) is 0 Å². The summed E-state index contributed by atoms with van der Waals surface area (Å²) in [6, 6.07) is 32.7. The van der Waals surface area contributed by atoms with Crippen molar-refractivity contribution in [2.24, 2.45) is 0 Å². The molecular formula is C24H15BrS. The Morgan fingerprint density at radius 2 is 1.00 bits per heavy atom. The van der Waals surface area contributed by atoms with Crippen LogP contribution in [0.4, 0.5) is 0 Å². The number of benzene rings is 4. The van der Waals surface area contributed by atoms with Crippen LogP contribution >= 0.6 is 27.3 Å². The molecule has 0 unspecified atom stereocenters. The molecule has 5 rings (SSSR count). The molecule has 0 saturated heterocycles. The van der Waals surface area contributed by atoms with Crippen LogP contribution in [0.25, 0.3) is 42.4 Å². The minimum absolute atomic E-state index is 1.11. The largest absolute Gasteiger partial charge is 0.135 e. The van der Waals surface area contributed by atoms with Crippen LogP contribution in [0.1, 0.15) is 0 Å². The number of fused-ring (bicyclic) bond motifs is 3. The SMILES string of the molecule is Brc1ccc(-c2ccc3sc4ccc(-c5ccccc5)cc4c3c2)cc1. The summed E-state index contributed by atoms with van der Waals surface area (Å²) >= 11 is 5.38. The lowest BCUT2D eigenvalue weighted by Crippen LogP contribution is -1.78. The van der Waals surface area contributed by atoms with E-state index >= 15 is 0 Å². The first kappa shape index (κ1) is 15.8. The van der Waals surface area contributed by atoms with Crippen molar-refractivity contribution in [1.29, 1.82) is 0 Å². The first-order valence-corrected chi connectivity index (χ1v) is 10.2. The fraction of sp³-hybridized carbons (Fsp3) is 0. The lowest BCUT2D eigenvalue weighted by molar-refractivity contribution is 1.62. The fourth-order valence-electron chi connectivity index (χ4n) is 3.41. The molecular weight excluding hydrogens is 400 g/mol. The highest BCUT2D eigenvalue weighted by atomic mass is 79.9. The normalized spacial score (nSPS) is 11.3. The minimum Gasteiger partial charge on any atom is -0.135 e. The van der Waals surface area contributed by atoms with Gasteiger partial charge in [0.2, 0.25) is 0 Å². The molecule has 1 heterocycles. The Balaban J connectivity index is 1.71. The van der Waals surface area contributed by atoms with E-state index in [1.54, 1.807) is 0 Å². The van der Waals surface area contributed by atoms with Gasteiger partial charge in [-0.1, -0.05) is 70.5 Å². The smallest absolute Gasteiger partial charge is 0.0355 e. The molecule has 0 amide bonds. The second-order valence-corrected chi connectivity index (χ2v) is 8.40. The van der Waals surface area contributed by atoms with Gasteiger partial charge in [-0.05, 0) is 58.7 Å². The summed E-state index contributed by atoms with van der Waals surface area (Å²) in [6.45, 7) is 0. The first-order valence-electron chi connectivity index (χ1n) is 8.56. The van der Waals surface area contributed by atoms with Crippen LogP contribution < -0.4 is 0 Å². The average molecular weight is 415 g/mol. The van der Waals surface area contributed by atoms with Crippen molar-refractivity contribution < 1.29 is 0 Å². The van der Waals surface area contributed by atoms with E-state index in [2.05, 4.69) is 107 Å². The van der Waals surface area contributed by atoms with Crippen molar-refractivity contribution >= 4 is 47.4 Å². The maximum absolute atomic E-state index is 3.52. The molecule has 0 radical (unpaired) electrons. The Bertz CT molecular complexity index is 1220. The second-order valence-electron chi connectivity index (χ2n) is 6.40. The first-order chi connectivity index (χ1) is 12.8. The molecule has 0 N–H and O–H groups in total. The highest BCUT2D eigenvalue weighted by Crippen LogP contribution is 2.38. The summed E-state index contributed by atoms with van der Waals surface area (Å²) in [6.07, 6.45) is 0. The Morgan fingerprint density at radius 1 is 0.500 bits per heavy atom. The molecule has 0 atom stereocenters. The summed E-state index contributed by atoms with van der Waals surface area (Å²) in [5.41, 5.74) is 5.04. The number of hydrogen-bond donors (Lipinski definition) is 0. The summed E-state index contributed by atoms with van der Waals surface area (Å²) in [4.78, 5) is 0. The van der Waals surface area contributed by atoms with Gasteiger partial charge in [-0.3, -0.25) is 0 Å².